The smallest absolute Gasteiger partial charge is 0.254 e. The Morgan fingerprint density at radius 3 is 2.41 bits per heavy atom. The molecular weight excluding hydrogens is 380 g/mol. The summed E-state index contributed by atoms with van der Waals surface area (Å²) in [6, 6.07) is 18.0. The molecule has 0 fully saturated rings. The Bertz CT molecular complexity index is 1090. The Hall–Kier alpha value is -3.38. The maximum atomic E-state index is 12.3. The number of carbonyl (C=O) groups is 1. The van der Waals surface area contributed by atoms with Crippen LogP contribution in [-0.2, 0) is 6.42 Å². The predicted octanol–water partition coefficient (Wildman–Crippen LogP) is 4.55. The molecule has 0 saturated carbocycles. The zero-order chi connectivity index (χ0) is 20.1. The van der Waals surface area contributed by atoms with Crippen molar-refractivity contribution in [2.45, 2.75) is 13.3 Å². The molecule has 2 aromatic heterocycles. The number of benzene rings is 2. The van der Waals surface area contributed by atoms with Crippen molar-refractivity contribution in [2.75, 3.05) is 6.54 Å². The van der Waals surface area contributed by atoms with Crippen LogP contribution in [0.1, 0.15) is 21.6 Å². The zero-order valence-corrected chi connectivity index (χ0v) is 16.8. The number of hydrogen-bond acceptors (Lipinski definition) is 5. The van der Waals surface area contributed by atoms with Crippen LogP contribution in [0.5, 0.6) is 0 Å². The van der Waals surface area contributed by atoms with Crippen molar-refractivity contribution in [3.05, 3.63) is 89.2 Å². The van der Waals surface area contributed by atoms with E-state index in [-0.39, 0.29) is 5.91 Å². The first-order valence-electron chi connectivity index (χ1n) is 9.36. The molecule has 1 amide bonds. The molecule has 0 radical (unpaired) electrons. The Morgan fingerprint density at radius 2 is 1.69 bits per heavy atom. The summed E-state index contributed by atoms with van der Waals surface area (Å²) in [6.07, 6.45) is 3.79. The van der Waals surface area contributed by atoms with Gasteiger partial charge in [-0.2, -0.15) is 0 Å². The maximum absolute atomic E-state index is 12.3. The summed E-state index contributed by atoms with van der Waals surface area (Å²) in [7, 11) is 0. The van der Waals surface area contributed by atoms with E-state index in [1.54, 1.807) is 23.7 Å². The zero-order valence-electron chi connectivity index (χ0n) is 16.0. The number of hydrogen-bond donors (Lipinski definition) is 1. The lowest BCUT2D eigenvalue weighted by atomic mass is 10.2. The van der Waals surface area contributed by atoms with Crippen LogP contribution < -0.4 is 5.32 Å². The lowest BCUT2D eigenvalue weighted by Crippen LogP contribution is -2.26. The predicted molar refractivity (Wildman–Crippen MR) is 116 cm³/mol. The minimum atomic E-state index is -0.182. The number of thiazole rings is 1. The first-order chi connectivity index (χ1) is 14.2. The SMILES string of the molecule is Cc1ccc(-c2nc(CCNC(=O)c3cnc(-c4ccccc4)nc3)cs2)cc1. The van der Waals surface area contributed by atoms with Crippen LogP contribution in [0.4, 0.5) is 0 Å². The van der Waals surface area contributed by atoms with E-state index in [1.165, 1.54) is 5.56 Å². The molecule has 2 aromatic carbocycles. The molecule has 144 valence electrons. The fourth-order valence-electron chi connectivity index (χ4n) is 2.84. The number of carbonyl (C=O) groups excluding carboxylic acids is 1. The first kappa shape index (κ1) is 19.0. The Kier molecular flexibility index (Phi) is 5.72. The van der Waals surface area contributed by atoms with E-state index >= 15 is 0 Å². The van der Waals surface area contributed by atoms with Crippen LogP contribution >= 0.6 is 11.3 Å². The highest BCUT2D eigenvalue weighted by molar-refractivity contribution is 7.13. The average Bonchev–Trinajstić information content (AvgIpc) is 3.24. The molecule has 0 aliphatic heterocycles. The third kappa shape index (κ3) is 4.73. The maximum Gasteiger partial charge on any atom is 0.254 e. The highest BCUT2D eigenvalue weighted by Gasteiger charge is 2.09. The summed E-state index contributed by atoms with van der Waals surface area (Å²) in [6.45, 7) is 2.58. The van der Waals surface area contributed by atoms with Crippen molar-refractivity contribution in [1.82, 2.24) is 20.3 Å². The lowest BCUT2D eigenvalue weighted by molar-refractivity contribution is 0.0953. The van der Waals surface area contributed by atoms with Gasteiger partial charge in [0, 0.05) is 41.9 Å². The molecular formula is C23H20N4OS. The second-order valence-corrected chi connectivity index (χ2v) is 7.54. The van der Waals surface area contributed by atoms with Gasteiger partial charge in [-0.05, 0) is 6.92 Å². The van der Waals surface area contributed by atoms with Gasteiger partial charge in [-0.25, -0.2) is 15.0 Å². The van der Waals surface area contributed by atoms with Crippen LogP contribution in [-0.4, -0.2) is 27.4 Å². The van der Waals surface area contributed by atoms with Crippen molar-refractivity contribution in [1.29, 1.82) is 0 Å². The van der Waals surface area contributed by atoms with Crippen molar-refractivity contribution < 1.29 is 4.79 Å². The Balaban J connectivity index is 1.32. The monoisotopic (exact) mass is 400 g/mol. The van der Waals surface area contributed by atoms with Gasteiger partial charge in [0.2, 0.25) is 0 Å². The van der Waals surface area contributed by atoms with Gasteiger partial charge < -0.3 is 5.32 Å². The Morgan fingerprint density at radius 1 is 0.966 bits per heavy atom. The third-order valence-electron chi connectivity index (χ3n) is 4.46. The molecule has 0 spiro atoms. The molecule has 1 N–H and O–H groups in total. The van der Waals surface area contributed by atoms with E-state index in [0.717, 1.165) is 21.8 Å². The molecule has 2 heterocycles. The fraction of sp³-hybridized carbons (Fsp3) is 0.130. The van der Waals surface area contributed by atoms with Gasteiger partial charge in [-0.3, -0.25) is 4.79 Å². The number of rotatable bonds is 6. The molecule has 0 bridgehead atoms. The largest absolute Gasteiger partial charge is 0.352 e. The molecule has 0 aliphatic rings. The topological polar surface area (TPSA) is 67.8 Å². The number of aryl methyl sites for hydroxylation is 1. The van der Waals surface area contributed by atoms with Gasteiger partial charge >= 0.3 is 0 Å². The van der Waals surface area contributed by atoms with E-state index in [4.69, 9.17) is 0 Å². The third-order valence-corrected chi connectivity index (χ3v) is 5.40. The van der Waals surface area contributed by atoms with Crippen LogP contribution in [0.2, 0.25) is 0 Å². The van der Waals surface area contributed by atoms with E-state index in [2.05, 4.69) is 51.5 Å². The number of aromatic nitrogens is 3. The summed E-state index contributed by atoms with van der Waals surface area (Å²) in [5.74, 6) is 0.423. The Labute approximate surface area is 173 Å². The molecule has 5 nitrogen and oxygen atoms in total. The standard InChI is InChI=1S/C23H20N4OS/c1-16-7-9-18(10-8-16)23-27-20(15-29-23)11-12-24-22(28)19-13-25-21(26-14-19)17-5-3-2-4-6-17/h2-10,13-15H,11-12H2,1H3,(H,24,28). The second-order valence-electron chi connectivity index (χ2n) is 6.68. The van der Waals surface area contributed by atoms with Crippen LogP contribution in [0.3, 0.4) is 0 Å². The highest BCUT2D eigenvalue weighted by atomic mass is 32.1. The van der Waals surface area contributed by atoms with Gasteiger partial charge in [0.1, 0.15) is 5.01 Å². The highest BCUT2D eigenvalue weighted by Crippen LogP contribution is 2.24. The van der Waals surface area contributed by atoms with E-state index in [1.807, 2.05) is 35.7 Å². The van der Waals surface area contributed by atoms with Gasteiger partial charge in [-0.1, -0.05) is 60.2 Å². The summed E-state index contributed by atoms with van der Waals surface area (Å²) in [4.78, 5) is 25.6. The first-order valence-corrected chi connectivity index (χ1v) is 10.2. The molecule has 6 heteroatoms. The van der Waals surface area contributed by atoms with Crippen LogP contribution in [0.25, 0.3) is 22.0 Å². The average molecular weight is 401 g/mol. The summed E-state index contributed by atoms with van der Waals surface area (Å²) in [5.41, 5.74) is 4.69. The van der Waals surface area contributed by atoms with Crippen molar-refractivity contribution >= 4 is 17.2 Å². The van der Waals surface area contributed by atoms with E-state index < -0.39 is 0 Å². The van der Waals surface area contributed by atoms with Crippen LogP contribution in [0, 0.1) is 6.92 Å². The van der Waals surface area contributed by atoms with Crippen molar-refractivity contribution in [2.24, 2.45) is 0 Å². The normalized spacial score (nSPS) is 10.7. The van der Waals surface area contributed by atoms with E-state index in [9.17, 15) is 4.79 Å². The van der Waals surface area contributed by atoms with Gasteiger partial charge in [0.05, 0.1) is 11.3 Å². The molecule has 0 atom stereocenters. The number of nitrogens with one attached hydrogen (secondary N) is 1. The minimum Gasteiger partial charge on any atom is -0.352 e. The molecule has 4 rings (SSSR count). The molecule has 0 unspecified atom stereocenters. The fourth-order valence-corrected chi connectivity index (χ4v) is 3.70. The van der Waals surface area contributed by atoms with Crippen molar-refractivity contribution in [3.63, 3.8) is 0 Å². The molecule has 4 aromatic rings. The second kappa shape index (κ2) is 8.75. The lowest BCUT2D eigenvalue weighted by Gasteiger charge is -2.05. The van der Waals surface area contributed by atoms with Gasteiger partial charge in [-0.15, -0.1) is 11.3 Å². The molecule has 29 heavy (non-hydrogen) atoms. The summed E-state index contributed by atoms with van der Waals surface area (Å²) >= 11 is 1.62. The number of amides is 1. The van der Waals surface area contributed by atoms with Gasteiger partial charge in [0.25, 0.3) is 5.91 Å². The summed E-state index contributed by atoms with van der Waals surface area (Å²) < 4.78 is 0. The molecule has 0 aliphatic carbocycles. The van der Waals surface area contributed by atoms with Crippen molar-refractivity contribution in [3.8, 4) is 22.0 Å². The summed E-state index contributed by atoms with van der Waals surface area (Å²) in [5, 5.41) is 5.95. The molecule has 0 saturated heterocycles. The van der Waals surface area contributed by atoms with E-state index in [0.29, 0.717) is 24.4 Å². The minimum absolute atomic E-state index is 0.182. The van der Waals surface area contributed by atoms with Crippen LogP contribution in [0.15, 0.2) is 72.4 Å². The van der Waals surface area contributed by atoms with Gasteiger partial charge in [0.15, 0.2) is 5.82 Å². The number of nitrogens with zero attached hydrogens (tertiary/aromatic N) is 3. The quantitative estimate of drug-likeness (QED) is 0.516.